The first kappa shape index (κ1) is 12.5. The van der Waals surface area contributed by atoms with Gasteiger partial charge in [-0.05, 0) is 26.0 Å². The molecule has 104 valence electrons. The van der Waals surface area contributed by atoms with Crippen molar-refractivity contribution >= 4 is 17.0 Å². The zero-order valence-corrected chi connectivity index (χ0v) is 11.7. The van der Waals surface area contributed by atoms with Gasteiger partial charge in [-0.2, -0.15) is 0 Å². The second kappa shape index (κ2) is 4.56. The summed E-state index contributed by atoms with van der Waals surface area (Å²) in [4.78, 5) is 4.39. The molecule has 0 aliphatic heterocycles. The van der Waals surface area contributed by atoms with Gasteiger partial charge in [0.25, 0.3) is 0 Å². The summed E-state index contributed by atoms with van der Waals surface area (Å²) in [6.45, 7) is 4.39. The van der Waals surface area contributed by atoms with Crippen LogP contribution in [-0.2, 0) is 6.54 Å². The van der Waals surface area contributed by atoms with Gasteiger partial charge in [-0.25, -0.2) is 4.98 Å². The van der Waals surface area contributed by atoms with Gasteiger partial charge < -0.3 is 19.6 Å². The van der Waals surface area contributed by atoms with Crippen LogP contribution < -0.4 is 10.5 Å². The molecule has 20 heavy (non-hydrogen) atoms. The summed E-state index contributed by atoms with van der Waals surface area (Å²) in [5.74, 6) is 1.96. The number of ether oxygens (including phenoxy) is 1. The van der Waals surface area contributed by atoms with Gasteiger partial charge in [0.05, 0.1) is 24.9 Å². The van der Waals surface area contributed by atoms with Crippen molar-refractivity contribution in [3.05, 3.63) is 35.2 Å². The molecular weight excluding hydrogens is 256 g/mol. The van der Waals surface area contributed by atoms with Crippen LogP contribution in [0.5, 0.6) is 5.75 Å². The Labute approximate surface area is 116 Å². The summed E-state index contributed by atoms with van der Waals surface area (Å²) in [5, 5.41) is 3.97. The molecular formula is C14H16N4O2. The predicted octanol–water partition coefficient (Wildman–Crippen LogP) is 2.28. The van der Waals surface area contributed by atoms with E-state index in [1.165, 1.54) is 0 Å². The third-order valence-electron chi connectivity index (χ3n) is 3.49. The molecule has 0 radical (unpaired) electrons. The lowest BCUT2D eigenvalue weighted by molar-refractivity contribution is 0.392. The summed E-state index contributed by atoms with van der Waals surface area (Å²) in [5.41, 5.74) is 9.63. The number of nitrogen functional groups attached to an aromatic ring is 1. The van der Waals surface area contributed by atoms with E-state index in [1.54, 1.807) is 7.11 Å². The fourth-order valence-electron chi connectivity index (χ4n) is 2.36. The van der Waals surface area contributed by atoms with E-state index in [0.717, 1.165) is 28.1 Å². The maximum atomic E-state index is 6.04. The summed E-state index contributed by atoms with van der Waals surface area (Å²) in [6.07, 6.45) is 0. The summed E-state index contributed by atoms with van der Waals surface area (Å²) >= 11 is 0. The lowest BCUT2D eigenvalue weighted by atomic mass is 10.2. The summed E-state index contributed by atoms with van der Waals surface area (Å²) in [7, 11) is 1.62. The normalized spacial score (nSPS) is 11.2. The van der Waals surface area contributed by atoms with E-state index in [1.807, 2.05) is 36.6 Å². The van der Waals surface area contributed by atoms with Crippen molar-refractivity contribution in [2.45, 2.75) is 20.4 Å². The second-order valence-corrected chi connectivity index (χ2v) is 4.69. The van der Waals surface area contributed by atoms with Gasteiger partial charge in [-0.15, -0.1) is 0 Å². The molecule has 0 saturated carbocycles. The van der Waals surface area contributed by atoms with Crippen molar-refractivity contribution in [2.24, 2.45) is 0 Å². The number of para-hydroxylation sites is 1. The molecule has 0 spiro atoms. The average Bonchev–Trinajstić information content (AvgIpc) is 2.93. The third kappa shape index (κ3) is 1.80. The van der Waals surface area contributed by atoms with Gasteiger partial charge in [0.2, 0.25) is 5.95 Å². The number of aromatic nitrogens is 3. The van der Waals surface area contributed by atoms with Gasteiger partial charge in [0, 0.05) is 5.56 Å². The zero-order chi connectivity index (χ0) is 14.3. The molecule has 2 heterocycles. The number of nitrogens with two attached hydrogens (primary N) is 1. The Kier molecular flexibility index (Phi) is 2.85. The lowest BCUT2D eigenvalue weighted by Crippen LogP contribution is -2.05. The van der Waals surface area contributed by atoms with Crippen LogP contribution in [0.2, 0.25) is 0 Å². The molecule has 2 aromatic heterocycles. The van der Waals surface area contributed by atoms with E-state index in [-0.39, 0.29) is 0 Å². The van der Waals surface area contributed by atoms with Crippen LogP contribution in [0.1, 0.15) is 17.0 Å². The van der Waals surface area contributed by atoms with Crippen molar-refractivity contribution in [1.29, 1.82) is 0 Å². The number of hydrogen-bond acceptors (Lipinski definition) is 5. The van der Waals surface area contributed by atoms with Gasteiger partial charge in [0.1, 0.15) is 17.0 Å². The zero-order valence-electron chi connectivity index (χ0n) is 11.7. The highest BCUT2D eigenvalue weighted by Crippen LogP contribution is 2.28. The van der Waals surface area contributed by atoms with Crippen molar-refractivity contribution in [3.8, 4) is 5.75 Å². The highest BCUT2D eigenvalue weighted by atomic mass is 16.5. The molecule has 0 aliphatic rings. The van der Waals surface area contributed by atoms with Crippen LogP contribution in [0, 0.1) is 13.8 Å². The van der Waals surface area contributed by atoms with Crippen LogP contribution in [0.4, 0.5) is 5.95 Å². The molecule has 0 unspecified atom stereocenters. The quantitative estimate of drug-likeness (QED) is 0.791. The monoisotopic (exact) mass is 272 g/mol. The van der Waals surface area contributed by atoms with Gasteiger partial charge in [0.15, 0.2) is 0 Å². The van der Waals surface area contributed by atoms with Crippen LogP contribution in [0.25, 0.3) is 11.0 Å². The van der Waals surface area contributed by atoms with Crippen molar-refractivity contribution < 1.29 is 9.26 Å². The van der Waals surface area contributed by atoms with Crippen LogP contribution in [0.15, 0.2) is 22.7 Å². The van der Waals surface area contributed by atoms with Gasteiger partial charge in [-0.3, -0.25) is 0 Å². The van der Waals surface area contributed by atoms with Gasteiger partial charge in [-0.1, -0.05) is 11.2 Å². The number of rotatable bonds is 3. The Morgan fingerprint density at radius 3 is 2.80 bits per heavy atom. The average molecular weight is 272 g/mol. The Hall–Kier alpha value is -2.50. The van der Waals surface area contributed by atoms with E-state index in [0.29, 0.717) is 18.2 Å². The minimum Gasteiger partial charge on any atom is -0.494 e. The van der Waals surface area contributed by atoms with Crippen molar-refractivity contribution in [1.82, 2.24) is 14.7 Å². The maximum absolute atomic E-state index is 6.04. The largest absolute Gasteiger partial charge is 0.494 e. The first-order valence-corrected chi connectivity index (χ1v) is 6.32. The SMILES string of the molecule is COc1cccc2c1nc(N)n2Cc1c(C)noc1C. The Morgan fingerprint density at radius 1 is 1.35 bits per heavy atom. The van der Waals surface area contributed by atoms with Crippen LogP contribution in [-0.4, -0.2) is 21.8 Å². The molecule has 3 aromatic rings. The number of fused-ring (bicyclic) bond motifs is 1. The number of hydrogen-bond donors (Lipinski definition) is 1. The predicted molar refractivity (Wildman–Crippen MR) is 75.8 cm³/mol. The van der Waals surface area contributed by atoms with E-state index < -0.39 is 0 Å². The number of aryl methyl sites for hydroxylation is 2. The second-order valence-electron chi connectivity index (χ2n) is 4.69. The highest BCUT2D eigenvalue weighted by molar-refractivity contribution is 5.84. The summed E-state index contributed by atoms with van der Waals surface area (Å²) < 4.78 is 12.4. The fraction of sp³-hybridized carbons (Fsp3) is 0.286. The van der Waals surface area contributed by atoms with E-state index in [2.05, 4.69) is 10.1 Å². The molecule has 0 bridgehead atoms. The number of imidazole rings is 1. The molecule has 0 amide bonds. The molecule has 6 nitrogen and oxygen atoms in total. The van der Waals surface area contributed by atoms with Crippen LogP contribution >= 0.6 is 0 Å². The minimum absolute atomic E-state index is 0.449. The maximum Gasteiger partial charge on any atom is 0.201 e. The number of benzene rings is 1. The number of anilines is 1. The molecule has 2 N–H and O–H groups in total. The molecule has 1 aromatic carbocycles. The first-order valence-electron chi connectivity index (χ1n) is 6.32. The molecule has 3 rings (SSSR count). The lowest BCUT2D eigenvalue weighted by Gasteiger charge is -2.06. The molecule has 6 heteroatoms. The van der Waals surface area contributed by atoms with E-state index >= 15 is 0 Å². The van der Waals surface area contributed by atoms with E-state index in [9.17, 15) is 0 Å². The standard InChI is InChI=1S/C14H16N4O2/c1-8-10(9(2)20-17-8)7-18-11-5-4-6-12(19-3)13(11)16-14(18)15/h4-6H,7H2,1-3H3,(H2,15,16). The molecule has 0 saturated heterocycles. The third-order valence-corrected chi connectivity index (χ3v) is 3.49. The minimum atomic E-state index is 0.449. The summed E-state index contributed by atoms with van der Waals surface area (Å²) in [6, 6.07) is 5.76. The molecule has 0 aliphatic carbocycles. The Bertz CT molecular complexity index is 753. The van der Waals surface area contributed by atoms with Gasteiger partial charge >= 0.3 is 0 Å². The fourth-order valence-corrected chi connectivity index (χ4v) is 2.36. The molecule has 0 atom stereocenters. The Balaban J connectivity index is 2.15. The smallest absolute Gasteiger partial charge is 0.201 e. The van der Waals surface area contributed by atoms with Crippen molar-refractivity contribution in [3.63, 3.8) is 0 Å². The first-order chi connectivity index (χ1) is 9.61. The topological polar surface area (TPSA) is 79.1 Å². The van der Waals surface area contributed by atoms with Crippen molar-refractivity contribution in [2.75, 3.05) is 12.8 Å². The van der Waals surface area contributed by atoms with E-state index in [4.69, 9.17) is 15.0 Å². The van der Waals surface area contributed by atoms with Crippen LogP contribution in [0.3, 0.4) is 0 Å². The Morgan fingerprint density at radius 2 is 2.15 bits per heavy atom. The molecule has 0 fully saturated rings. The number of nitrogens with zero attached hydrogens (tertiary/aromatic N) is 3. The number of methoxy groups -OCH3 is 1. The highest BCUT2D eigenvalue weighted by Gasteiger charge is 2.16.